The van der Waals surface area contributed by atoms with Crippen molar-refractivity contribution in [2.45, 2.75) is 45.6 Å². The van der Waals surface area contributed by atoms with Gasteiger partial charge < -0.3 is 16.0 Å². The molecule has 0 saturated carbocycles. The number of hydrogen-bond acceptors (Lipinski definition) is 3. The van der Waals surface area contributed by atoms with Crippen LogP contribution in [0.3, 0.4) is 0 Å². The first-order valence-electron chi connectivity index (χ1n) is 6.83. The van der Waals surface area contributed by atoms with Crippen LogP contribution in [0.25, 0.3) is 0 Å². The van der Waals surface area contributed by atoms with E-state index in [1.54, 1.807) is 0 Å². The highest BCUT2D eigenvalue weighted by Crippen LogP contribution is 2.08. The second-order valence-electron chi connectivity index (χ2n) is 5.36. The van der Waals surface area contributed by atoms with E-state index in [1.165, 1.54) is 25.9 Å². The average molecular weight is 241 g/mol. The predicted molar refractivity (Wildman–Crippen MR) is 70.7 cm³/mol. The van der Waals surface area contributed by atoms with E-state index in [0.29, 0.717) is 18.9 Å². The van der Waals surface area contributed by atoms with Crippen molar-refractivity contribution < 1.29 is 4.79 Å². The fourth-order valence-electron chi connectivity index (χ4n) is 2.24. The van der Waals surface area contributed by atoms with Crippen LogP contribution in [0.15, 0.2) is 0 Å². The minimum absolute atomic E-state index is 0.164. The van der Waals surface area contributed by atoms with Crippen molar-refractivity contribution in [2.24, 2.45) is 11.7 Å². The maximum absolute atomic E-state index is 11.7. The van der Waals surface area contributed by atoms with Gasteiger partial charge in [-0.3, -0.25) is 4.79 Å². The molecule has 0 aliphatic carbocycles. The molecule has 2 atom stereocenters. The average Bonchev–Trinajstić information content (AvgIpc) is 2.78. The van der Waals surface area contributed by atoms with Crippen molar-refractivity contribution in [1.29, 1.82) is 0 Å². The summed E-state index contributed by atoms with van der Waals surface area (Å²) in [4.78, 5) is 14.1. The van der Waals surface area contributed by atoms with Gasteiger partial charge in [0.15, 0.2) is 0 Å². The van der Waals surface area contributed by atoms with Crippen molar-refractivity contribution in [3.05, 3.63) is 0 Å². The number of rotatable bonds is 7. The first kappa shape index (κ1) is 14.5. The molecular weight excluding hydrogens is 214 g/mol. The van der Waals surface area contributed by atoms with Gasteiger partial charge >= 0.3 is 0 Å². The molecular formula is C13H27N3O. The molecule has 4 nitrogen and oxygen atoms in total. The zero-order valence-electron chi connectivity index (χ0n) is 11.2. The summed E-state index contributed by atoms with van der Waals surface area (Å²) in [5, 5.41) is 3.06. The lowest BCUT2D eigenvalue weighted by atomic mass is 10.1. The summed E-state index contributed by atoms with van der Waals surface area (Å²) in [5.74, 6) is 0.603. The van der Waals surface area contributed by atoms with Crippen LogP contribution in [0, 0.1) is 5.92 Å². The summed E-state index contributed by atoms with van der Waals surface area (Å²) in [6.07, 6.45) is 4.09. The number of hydrogen-bond donors (Lipinski definition) is 2. The van der Waals surface area contributed by atoms with Crippen LogP contribution in [-0.2, 0) is 4.79 Å². The zero-order chi connectivity index (χ0) is 12.7. The Labute approximate surface area is 105 Å². The quantitative estimate of drug-likeness (QED) is 0.698. The molecule has 1 aliphatic heterocycles. The minimum atomic E-state index is 0.164. The summed E-state index contributed by atoms with van der Waals surface area (Å²) in [5.41, 5.74) is 5.53. The zero-order valence-corrected chi connectivity index (χ0v) is 11.2. The van der Waals surface area contributed by atoms with Gasteiger partial charge in [-0.15, -0.1) is 0 Å². The first-order chi connectivity index (χ1) is 8.11. The van der Waals surface area contributed by atoms with Crippen LogP contribution in [0.5, 0.6) is 0 Å². The van der Waals surface area contributed by atoms with Crippen molar-refractivity contribution in [2.75, 3.05) is 26.2 Å². The third-order valence-corrected chi connectivity index (χ3v) is 3.40. The monoisotopic (exact) mass is 241 g/mol. The lowest BCUT2D eigenvalue weighted by Gasteiger charge is -2.21. The molecule has 0 bridgehead atoms. The van der Waals surface area contributed by atoms with E-state index in [4.69, 9.17) is 5.73 Å². The summed E-state index contributed by atoms with van der Waals surface area (Å²) in [6, 6.07) is 0.258. The molecule has 2 unspecified atom stereocenters. The van der Waals surface area contributed by atoms with Gasteiger partial charge in [-0.25, -0.2) is 0 Å². The van der Waals surface area contributed by atoms with Crippen LogP contribution in [0.2, 0.25) is 0 Å². The van der Waals surface area contributed by atoms with Crippen molar-refractivity contribution in [3.8, 4) is 0 Å². The number of amides is 1. The van der Waals surface area contributed by atoms with Gasteiger partial charge in [0, 0.05) is 19.0 Å². The van der Waals surface area contributed by atoms with E-state index >= 15 is 0 Å². The second-order valence-corrected chi connectivity index (χ2v) is 5.36. The Balaban J connectivity index is 2.11. The summed E-state index contributed by atoms with van der Waals surface area (Å²) < 4.78 is 0. The number of nitrogens with zero attached hydrogens (tertiary/aromatic N) is 1. The van der Waals surface area contributed by atoms with Crippen molar-refractivity contribution >= 4 is 5.91 Å². The van der Waals surface area contributed by atoms with E-state index in [-0.39, 0.29) is 11.9 Å². The van der Waals surface area contributed by atoms with Gasteiger partial charge in [0.1, 0.15) is 0 Å². The van der Waals surface area contributed by atoms with E-state index in [0.717, 1.165) is 13.0 Å². The molecule has 1 aliphatic rings. The van der Waals surface area contributed by atoms with E-state index in [1.807, 2.05) is 0 Å². The van der Waals surface area contributed by atoms with Gasteiger partial charge in [0.05, 0.1) is 0 Å². The van der Waals surface area contributed by atoms with Crippen molar-refractivity contribution in [1.82, 2.24) is 10.2 Å². The minimum Gasteiger partial charge on any atom is -0.352 e. The molecule has 0 aromatic heterocycles. The van der Waals surface area contributed by atoms with Gasteiger partial charge in [-0.2, -0.15) is 0 Å². The molecule has 4 heteroatoms. The Bertz CT molecular complexity index is 227. The normalized spacial score (nSPS) is 20.2. The Kier molecular flexibility index (Phi) is 6.52. The smallest absolute Gasteiger partial charge is 0.220 e. The van der Waals surface area contributed by atoms with Crippen LogP contribution in [0.1, 0.15) is 39.5 Å². The standard InChI is InChI=1S/C13H27N3O/c1-11(9-14)5-6-13(17)15-12(2)10-16-7-3-4-8-16/h11-12H,3-10,14H2,1-2H3,(H,15,17). The molecule has 0 aromatic rings. The highest BCUT2D eigenvalue weighted by atomic mass is 16.1. The highest BCUT2D eigenvalue weighted by molar-refractivity contribution is 5.76. The first-order valence-corrected chi connectivity index (χ1v) is 6.83. The topological polar surface area (TPSA) is 58.4 Å². The molecule has 0 radical (unpaired) electrons. The van der Waals surface area contributed by atoms with Crippen LogP contribution < -0.4 is 11.1 Å². The number of nitrogens with one attached hydrogen (secondary N) is 1. The molecule has 1 amide bonds. The third kappa shape index (κ3) is 6.03. The molecule has 100 valence electrons. The molecule has 1 fully saturated rings. The largest absolute Gasteiger partial charge is 0.352 e. The van der Waals surface area contributed by atoms with Gasteiger partial charge in [-0.05, 0) is 51.7 Å². The second kappa shape index (κ2) is 7.67. The Morgan fingerprint density at radius 3 is 2.59 bits per heavy atom. The van der Waals surface area contributed by atoms with E-state index in [9.17, 15) is 4.79 Å². The van der Waals surface area contributed by atoms with Gasteiger partial charge in [0.2, 0.25) is 5.91 Å². The maximum atomic E-state index is 11.7. The molecule has 17 heavy (non-hydrogen) atoms. The Morgan fingerprint density at radius 1 is 1.35 bits per heavy atom. The number of carbonyl (C=O) groups is 1. The fraction of sp³-hybridized carbons (Fsp3) is 0.923. The molecule has 0 aromatic carbocycles. The van der Waals surface area contributed by atoms with Crippen LogP contribution >= 0.6 is 0 Å². The number of carbonyl (C=O) groups excluding carboxylic acids is 1. The highest BCUT2D eigenvalue weighted by Gasteiger charge is 2.16. The SMILES string of the molecule is CC(CN)CCC(=O)NC(C)CN1CCCC1. The Hall–Kier alpha value is -0.610. The fourth-order valence-corrected chi connectivity index (χ4v) is 2.24. The van der Waals surface area contributed by atoms with Crippen molar-refractivity contribution in [3.63, 3.8) is 0 Å². The molecule has 1 rings (SSSR count). The van der Waals surface area contributed by atoms with E-state index < -0.39 is 0 Å². The van der Waals surface area contributed by atoms with Gasteiger partial charge in [0.25, 0.3) is 0 Å². The molecule has 1 saturated heterocycles. The van der Waals surface area contributed by atoms with Crippen LogP contribution in [-0.4, -0.2) is 43.0 Å². The Morgan fingerprint density at radius 2 is 2.00 bits per heavy atom. The molecule has 3 N–H and O–H groups in total. The van der Waals surface area contributed by atoms with Crippen LogP contribution in [0.4, 0.5) is 0 Å². The maximum Gasteiger partial charge on any atom is 0.220 e. The summed E-state index contributed by atoms with van der Waals surface area (Å²) in [6.45, 7) is 8.19. The summed E-state index contributed by atoms with van der Waals surface area (Å²) in [7, 11) is 0. The lowest BCUT2D eigenvalue weighted by Crippen LogP contribution is -2.41. The number of likely N-dealkylation sites (tertiary alicyclic amines) is 1. The molecule has 1 heterocycles. The molecule has 0 spiro atoms. The summed E-state index contributed by atoms with van der Waals surface area (Å²) >= 11 is 0. The third-order valence-electron chi connectivity index (χ3n) is 3.40. The predicted octanol–water partition coefficient (Wildman–Crippen LogP) is 0.962. The lowest BCUT2D eigenvalue weighted by molar-refractivity contribution is -0.122. The van der Waals surface area contributed by atoms with E-state index in [2.05, 4.69) is 24.1 Å². The van der Waals surface area contributed by atoms with Gasteiger partial charge in [-0.1, -0.05) is 6.92 Å². The number of nitrogens with two attached hydrogens (primary N) is 1.